The van der Waals surface area contributed by atoms with Gasteiger partial charge in [-0.2, -0.15) is 0 Å². The van der Waals surface area contributed by atoms with Gasteiger partial charge in [-0.15, -0.1) is 11.6 Å². The first kappa shape index (κ1) is 8.99. The normalized spacial score (nSPS) is 23.3. The van der Waals surface area contributed by atoms with E-state index in [4.69, 9.17) is 25.5 Å². The Morgan fingerprint density at radius 1 is 1.54 bits per heavy atom. The first-order valence-electron chi connectivity index (χ1n) is 4.09. The first-order chi connectivity index (χ1) is 6.42. The van der Waals surface area contributed by atoms with Crippen molar-refractivity contribution in [2.24, 2.45) is 0 Å². The standard InChI is InChI=1S/C8H10ClNO3/c9-3-6-8(13-5-10-6)7-4-11-1-2-12-7/h5,7H,1-4H2. The zero-order valence-electron chi connectivity index (χ0n) is 7.03. The van der Waals surface area contributed by atoms with E-state index in [1.54, 1.807) is 0 Å². The van der Waals surface area contributed by atoms with E-state index in [1.165, 1.54) is 6.39 Å². The van der Waals surface area contributed by atoms with Crippen LogP contribution in [0.4, 0.5) is 0 Å². The lowest BCUT2D eigenvalue weighted by Crippen LogP contribution is -2.22. The van der Waals surface area contributed by atoms with Gasteiger partial charge in [0, 0.05) is 0 Å². The summed E-state index contributed by atoms with van der Waals surface area (Å²) in [5.74, 6) is 1.03. The summed E-state index contributed by atoms with van der Waals surface area (Å²) in [6, 6.07) is 0. The maximum atomic E-state index is 5.67. The molecular formula is C8H10ClNO3. The monoisotopic (exact) mass is 203 g/mol. The van der Waals surface area contributed by atoms with Gasteiger partial charge in [0.1, 0.15) is 6.10 Å². The maximum Gasteiger partial charge on any atom is 0.181 e. The van der Waals surface area contributed by atoms with Crippen LogP contribution in [0.5, 0.6) is 0 Å². The molecular weight excluding hydrogens is 194 g/mol. The van der Waals surface area contributed by atoms with Gasteiger partial charge in [0.2, 0.25) is 0 Å². The Bertz CT molecular complexity index is 270. The summed E-state index contributed by atoms with van der Waals surface area (Å²) in [7, 11) is 0. The summed E-state index contributed by atoms with van der Waals surface area (Å²) in [6.07, 6.45) is 1.23. The first-order valence-corrected chi connectivity index (χ1v) is 4.63. The summed E-state index contributed by atoms with van der Waals surface area (Å²) in [4.78, 5) is 3.98. The molecule has 0 spiro atoms. The second kappa shape index (κ2) is 4.09. The van der Waals surface area contributed by atoms with Crippen LogP contribution in [0.2, 0.25) is 0 Å². The molecule has 1 aromatic rings. The number of aromatic nitrogens is 1. The minimum Gasteiger partial charge on any atom is -0.445 e. The molecule has 0 bridgehead atoms. The zero-order valence-corrected chi connectivity index (χ0v) is 7.79. The highest BCUT2D eigenvalue weighted by molar-refractivity contribution is 6.16. The van der Waals surface area contributed by atoms with E-state index >= 15 is 0 Å². The molecule has 5 heteroatoms. The van der Waals surface area contributed by atoms with Gasteiger partial charge in [-0.3, -0.25) is 0 Å². The van der Waals surface area contributed by atoms with E-state index in [9.17, 15) is 0 Å². The van der Waals surface area contributed by atoms with E-state index in [0.717, 1.165) is 5.69 Å². The molecule has 1 aliphatic heterocycles. The van der Waals surface area contributed by atoms with Crippen molar-refractivity contribution in [1.29, 1.82) is 0 Å². The third-order valence-corrected chi connectivity index (χ3v) is 2.16. The minimum atomic E-state index is -0.148. The summed E-state index contributed by atoms with van der Waals surface area (Å²) in [6.45, 7) is 1.74. The molecule has 0 aliphatic carbocycles. The quantitative estimate of drug-likeness (QED) is 0.684. The number of oxazole rings is 1. The van der Waals surface area contributed by atoms with Crippen LogP contribution >= 0.6 is 11.6 Å². The van der Waals surface area contributed by atoms with Crippen LogP contribution in [0.15, 0.2) is 10.8 Å². The molecule has 13 heavy (non-hydrogen) atoms. The Balaban J connectivity index is 2.13. The van der Waals surface area contributed by atoms with E-state index in [1.807, 2.05) is 0 Å². The van der Waals surface area contributed by atoms with E-state index in [-0.39, 0.29) is 6.10 Å². The molecule has 0 N–H and O–H groups in total. The number of alkyl halides is 1. The number of hydrogen-bond donors (Lipinski definition) is 0. The summed E-state index contributed by atoms with van der Waals surface area (Å²) < 4.78 is 15.9. The number of halogens is 1. The van der Waals surface area contributed by atoms with Gasteiger partial charge >= 0.3 is 0 Å². The summed E-state index contributed by atoms with van der Waals surface area (Å²) in [5, 5.41) is 0. The summed E-state index contributed by atoms with van der Waals surface area (Å²) in [5.41, 5.74) is 0.733. The average Bonchev–Trinajstić information content (AvgIpc) is 2.67. The number of rotatable bonds is 2. The van der Waals surface area contributed by atoms with Crippen molar-refractivity contribution < 1.29 is 13.9 Å². The Morgan fingerprint density at radius 2 is 2.46 bits per heavy atom. The molecule has 72 valence electrons. The molecule has 1 aromatic heterocycles. The number of ether oxygens (including phenoxy) is 2. The molecule has 0 amide bonds. The van der Waals surface area contributed by atoms with E-state index in [2.05, 4.69) is 4.98 Å². The third-order valence-electron chi connectivity index (χ3n) is 1.91. The van der Waals surface area contributed by atoms with Gasteiger partial charge in [0.15, 0.2) is 12.2 Å². The van der Waals surface area contributed by atoms with Crippen molar-refractivity contribution in [1.82, 2.24) is 4.98 Å². The van der Waals surface area contributed by atoms with Gasteiger partial charge in [-0.25, -0.2) is 4.98 Å². The highest BCUT2D eigenvalue weighted by Gasteiger charge is 2.23. The fourth-order valence-corrected chi connectivity index (χ4v) is 1.48. The highest BCUT2D eigenvalue weighted by Crippen LogP contribution is 2.24. The Kier molecular flexibility index (Phi) is 2.83. The second-order valence-corrected chi connectivity index (χ2v) is 3.00. The molecule has 4 nitrogen and oxygen atoms in total. The van der Waals surface area contributed by atoms with Crippen molar-refractivity contribution in [2.75, 3.05) is 19.8 Å². The molecule has 1 aliphatic rings. The Morgan fingerprint density at radius 3 is 3.15 bits per heavy atom. The second-order valence-electron chi connectivity index (χ2n) is 2.73. The Hall–Kier alpha value is -0.580. The fraction of sp³-hybridized carbons (Fsp3) is 0.625. The zero-order chi connectivity index (χ0) is 9.10. The molecule has 1 atom stereocenters. The van der Waals surface area contributed by atoms with E-state index in [0.29, 0.717) is 31.5 Å². The highest BCUT2D eigenvalue weighted by atomic mass is 35.5. The van der Waals surface area contributed by atoms with Crippen LogP contribution in [0.3, 0.4) is 0 Å². The van der Waals surface area contributed by atoms with Crippen LogP contribution < -0.4 is 0 Å². The molecule has 1 saturated heterocycles. The minimum absolute atomic E-state index is 0.148. The van der Waals surface area contributed by atoms with Gasteiger partial charge in [0.25, 0.3) is 0 Å². The van der Waals surface area contributed by atoms with Gasteiger partial charge < -0.3 is 13.9 Å². The van der Waals surface area contributed by atoms with Crippen molar-refractivity contribution >= 4 is 11.6 Å². The largest absolute Gasteiger partial charge is 0.445 e. The molecule has 2 heterocycles. The summed E-state index contributed by atoms with van der Waals surface area (Å²) >= 11 is 5.67. The lowest BCUT2D eigenvalue weighted by molar-refractivity contribution is -0.0979. The average molecular weight is 204 g/mol. The van der Waals surface area contributed by atoms with Crippen molar-refractivity contribution in [2.45, 2.75) is 12.0 Å². The SMILES string of the molecule is ClCc1ncoc1C1COCCO1. The predicted octanol–water partition coefficient (Wildman–Crippen LogP) is 1.50. The van der Waals surface area contributed by atoms with Crippen LogP contribution in [0.1, 0.15) is 17.6 Å². The van der Waals surface area contributed by atoms with Crippen LogP contribution in [0, 0.1) is 0 Å². The van der Waals surface area contributed by atoms with Gasteiger partial charge in [-0.1, -0.05) is 0 Å². The molecule has 0 saturated carbocycles. The maximum absolute atomic E-state index is 5.67. The van der Waals surface area contributed by atoms with E-state index < -0.39 is 0 Å². The van der Waals surface area contributed by atoms with Crippen LogP contribution in [-0.4, -0.2) is 24.8 Å². The van der Waals surface area contributed by atoms with Crippen LogP contribution in [0.25, 0.3) is 0 Å². The molecule has 0 aromatic carbocycles. The molecule has 1 unspecified atom stereocenters. The van der Waals surface area contributed by atoms with Crippen molar-refractivity contribution in [3.05, 3.63) is 17.8 Å². The molecule has 2 rings (SSSR count). The predicted molar refractivity (Wildman–Crippen MR) is 45.6 cm³/mol. The molecule has 0 radical (unpaired) electrons. The van der Waals surface area contributed by atoms with Crippen molar-refractivity contribution in [3.8, 4) is 0 Å². The number of nitrogens with zero attached hydrogens (tertiary/aromatic N) is 1. The van der Waals surface area contributed by atoms with Gasteiger partial charge in [-0.05, 0) is 0 Å². The fourth-order valence-electron chi connectivity index (χ4n) is 1.28. The lowest BCUT2D eigenvalue weighted by Gasteiger charge is -2.21. The van der Waals surface area contributed by atoms with Gasteiger partial charge in [0.05, 0.1) is 31.4 Å². The van der Waals surface area contributed by atoms with Crippen LogP contribution in [-0.2, 0) is 15.4 Å². The van der Waals surface area contributed by atoms with Crippen molar-refractivity contribution in [3.63, 3.8) is 0 Å². The third kappa shape index (κ3) is 1.85. The topological polar surface area (TPSA) is 44.5 Å². The lowest BCUT2D eigenvalue weighted by atomic mass is 10.2. The number of hydrogen-bond acceptors (Lipinski definition) is 4. The molecule has 1 fully saturated rings. The Labute approximate surface area is 80.8 Å². The smallest absolute Gasteiger partial charge is 0.181 e.